The Kier molecular flexibility index (Phi) is 6.38. The number of benzene rings is 1. The molecule has 0 aliphatic heterocycles. The Morgan fingerprint density at radius 2 is 1.78 bits per heavy atom. The molecule has 0 heterocycles. The van der Waals surface area contributed by atoms with Crippen LogP contribution in [0.25, 0.3) is 0 Å². The van der Waals surface area contributed by atoms with Crippen LogP contribution < -0.4 is 10.6 Å². The third-order valence-corrected chi connectivity index (χ3v) is 2.85. The fraction of sp³-hybridized carbons (Fsp3) is 0.429. The molecule has 0 aliphatic rings. The lowest BCUT2D eigenvalue weighted by Gasteiger charge is -2.32. The van der Waals surface area contributed by atoms with Crippen LogP contribution >= 0.6 is 0 Å². The van der Waals surface area contributed by atoms with Crippen LogP contribution in [0.15, 0.2) is 30.3 Å². The van der Waals surface area contributed by atoms with E-state index in [2.05, 4.69) is 14.8 Å². The molecule has 1 atom stereocenters. The first-order valence-corrected chi connectivity index (χ1v) is 6.66. The van der Waals surface area contributed by atoms with Gasteiger partial charge in [-0.25, -0.2) is 9.59 Å². The van der Waals surface area contributed by atoms with Crippen molar-refractivity contribution in [3.05, 3.63) is 35.9 Å². The molecule has 0 radical (unpaired) electrons. The molecule has 23 heavy (non-hydrogen) atoms. The van der Waals surface area contributed by atoms with Crippen molar-refractivity contribution in [2.75, 3.05) is 13.7 Å². The normalized spacial score (nSPS) is 13.8. The molecule has 2 N–H and O–H groups in total. The molecule has 0 aliphatic carbocycles. The predicted octanol–water partition coefficient (Wildman–Crippen LogP) is 1.95. The number of amides is 2. The molecule has 0 aromatic heterocycles. The molecule has 2 amide bonds. The lowest BCUT2D eigenvalue weighted by molar-refractivity contribution is -0.277. The molecule has 1 aromatic carbocycles. The van der Waals surface area contributed by atoms with Crippen LogP contribution in [0.4, 0.5) is 18.0 Å². The fourth-order valence-corrected chi connectivity index (χ4v) is 1.70. The number of alkyl halides is 3. The monoisotopic (exact) mass is 334 g/mol. The zero-order valence-electron chi connectivity index (χ0n) is 12.6. The number of ether oxygens (including phenoxy) is 2. The van der Waals surface area contributed by atoms with Gasteiger partial charge in [-0.2, -0.15) is 13.2 Å². The Morgan fingerprint density at radius 1 is 1.17 bits per heavy atom. The van der Waals surface area contributed by atoms with E-state index < -0.39 is 23.9 Å². The van der Waals surface area contributed by atoms with Gasteiger partial charge in [-0.15, -0.1) is 0 Å². The molecule has 1 unspecified atom stereocenters. The second-order valence-electron chi connectivity index (χ2n) is 4.40. The molecule has 0 spiro atoms. The Labute approximate surface area is 130 Å². The minimum atomic E-state index is -5.20. The highest BCUT2D eigenvalue weighted by atomic mass is 19.4. The van der Waals surface area contributed by atoms with Crippen molar-refractivity contribution in [3.8, 4) is 0 Å². The Balaban J connectivity index is 2.84. The molecule has 1 aromatic rings. The number of methoxy groups -OCH3 is 1. The maximum atomic E-state index is 13.2. The molecule has 1 rings (SSSR count). The summed E-state index contributed by atoms with van der Waals surface area (Å²) < 4.78 is 48.2. The third-order valence-electron chi connectivity index (χ3n) is 2.85. The number of nitrogens with one attached hydrogen (secondary N) is 2. The average Bonchev–Trinajstić information content (AvgIpc) is 2.50. The summed E-state index contributed by atoms with van der Waals surface area (Å²) in [5.41, 5.74) is -2.89. The van der Waals surface area contributed by atoms with Crippen LogP contribution in [-0.4, -0.2) is 37.6 Å². The first-order chi connectivity index (χ1) is 10.8. The number of esters is 1. The number of hydrogen-bond donors (Lipinski definition) is 2. The van der Waals surface area contributed by atoms with Gasteiger partial charge in [0.1, 0.15) is 0 Å². The topological polar surface area (TPSA) is 76.7 Å². The quantitative estimate of drug-likeness (QED) is 0.616. The van der Waals surface area contributed by atoms with Crippen molar-refractivity contribution in [2.45, 2.75) is 25.4 Å². The van der Waals surface area contributed by atoms with Crippen molar-refractivity contribution >= 4 is 12.0 Å². The Bertz CT molecular complexity index is 537. The first-order valence-electron chi connectivity index (χ1n) is 6.66. The minimum absolute atomic E-state index is 0.0207. The summed E-state index contributed by atoms with van der Waals surface area (Å²) in [6, 6.07) is 7.31. The van der Waals surface area contributed by atoms with Crippen LogP contribution in [0.2, 0.25) is 0 Å². The van der Waals surface area contributed by atoms with Crippen molar-refractivity contribution in [3.63, 3.8) is 0 Å². The standard InChI is InChI=1S/C14H17F3N2O4/c1-3-23-11(20)13(22-2,14(15,16)17)19-12(21)18-9-10-7-5-4-6-8-10/h4-8H,3,9H2,1-2H3,(H2,18,19,21). The number of urea groups is 1. The van der Waals surface area contributed by atoms with E-state index in [1.165, 1.54) is 12.2 Å². The predicted molar refractivity (Wildman–Crippen MR) is 74.2 cm³/mol. The summed E-state index contributed by atoms with van der Waals surface area (Å²) in [6.07, 6.45) is -5.20. The van der Waals surface area contributed by atoms with E-state index in [4.69, 9.17) is 0 Å². The second-order valence-corrected chi connectivity index (χ2v) is 4.40. The van der Waals surface area contributed by atoms with Crippen molar-refractivity contribution in [2.24, 2.45) is 0 Å². The summed E-state index contributed by atoms with van der Waals surface area (Å²) in [7, 11) is 0.655. The molecular weight excluding hydrogens is 317 g/mol. The van der Waals surface area contributed by atoms with E-state index in [9.17, 15) is 22.8 Å². The summed E-state index contributed by atoms with van der Waals surface area (Å²) in [4.78, 5) is 23.4. The number of hydrogen-bond acceptors (Lipinski definition) is 4. The lowest BCUT2D eigenvalue weighted by atomic mass is 10.2. The number of rotatable bonds is 6. The SMILES string of the molecule is CCOC(=O)C(NC(=O)NCc1ccccc1)(OC)C(F)(F)F. The van der Waals surface area contributed by atoms with E-state index in [-0.39, 0.29) is 13.2 Å². The first kappa shape index (κ1) is 18.8. The van der Waals surface area contributed by atoms with Crippen LogP contribution in [0, 0.1) is 0 Å². The summed E-state index contributed by atoms with van der Waals surface area (Å²) in [6.45, 7) is 1.02. The van der Waals surface area contributed by atoms with Gasteiger partial charge in [0, 0.05) is 13.7 Å². The van der Waals surface area contributed by atoms with E-state index in [1.54, 1.807) is 30.3 Å². The molecule has 0 bridgehead atoms. The van der Waals surface area contributed by atoms with Crippen molar-refractivity contribution in [1.82, 2.24) is 10.6 Å². The maximum absolute atomic E-state index is 13.2. The molecule has 0 saturated carbocycles. The fourth-order valence-electron chi connectivity index (χ4n) is 1.70. The smallest absolute Gasteiger partial charge is 0.448 e. The maximum Gasteiger partial charge on any atom is 0.448 e. The van der Waals surface area contributed by atoms with Crippen LogP contribution in [0.3, 0.4) is 0 Å². The van der Waals surface area contributed by atoms with Crippen molar-refractivity contribution in [1.29, 1.82) is 0 Å². The van der Waals surface area contributed by atoms with E-state index in [1.807, 2.05) is 0 Å². The summed E-state index contributed by atoms with van der Waals surface area (Å²) in [5, 5.41) is 3.72. The number of halogens is 3. The van der Waals surface area contributed by atoms with Crippen molar-refractivity contribution < 1.29 is 32.2 Å². The minimum Gasteiger partial charge on any atom is -0.462 e. The largest absolute Gasteiger partial charge is 0.462 e. The van der Waals surface area contributed by atoms with Gasteiger partial charge in [0.15, 0.2) is 0 Å². The van der Waals surface area contributed by atoms with Crippen LogP contribution in [0.1, 0.15) is 12.5 Å². The van der Waals surface area contributed by atoms with Crippen LogP contribution in [0.5, 0.6) is 0 Å². The lowest BCUT2D eigenvalue weighted by Crippen LogP contribution is -2.67. The molecular formula is C14H17F3N2O4. The molecule has 0 fully saturated rings. The number of carbonyl (C=O) groups is 2. The van der Waals surface area contributed by atoms with Gasteiger partial charge in [0.25, 0.3) is 0 Å². The van der Waals surface area contributed by atoms with E-state index >= 15 is 0 Å². The highest BCUT2D eigenvalue weighted by Gasteiger charge is 2.64. The van der Waals surface area contributed by atoms with Crippen LogP contribution in [-0.2, 0) is 20.8 Å². The summed E-state index contributed by atoms with van der Waals surface area (Å²) in [5.74, 6) is -1.75. The highest BCUT2D eigenvalue weighted by Crippen LogP contribution is 2.32. The zero-order chi connectivity index (χ0) is 17.5. The van der Waals surface area contributed by atoms with Gasteiger partial charge in [-0.3, -0.25) is 5.32 Å². The Morgan fingerprint density at radius 3 is 2.26 bits per heavy atom. The molecule has 6 nitrogen and oxygen atoms in total. The van der Waals surface area contributed by atoms with Gasteiger partial charge < -0.3 is 14.8 Å². The van der Waals surface area contributed by atoms with E-state index in [0.29, 0.717) is 12.7 Å². The Hall–Kier alpha value is -2.29. The molecule has 0 saturated heterocycles. The second kappa shape index (κ2) is 7.82. The summed E-state index contributed by atoms with van der Waals surface area (Å²) >= 11 is 0. The average molecular weight is 334 g/mol. The molecule has 9 heteroatoms. The third kappa shape index (κ3) is 4.59. The van der Waals surface area contributed by atoms with Gasteiger partial charge in [-0.05, 0) is 12.5 Å². The van der Waals surface area contributed by atoms with Gasteiger partial charge in [-0.1, -0.05) is 30.3 Å². The van der Waals surface area contributed by atoms with Gasteiger partial charge >= 0.3 is 23.9 Å². The highest BCUT2D eigenvalue weighted by molar-refractivity contribution is 5.87. The molecule has 128 valence electrons. The van der Waals surface area contributed by atoms with E-state index in [0.717, 1.165) is 0 Å². The zero-order valence-corrected chi connectivity index (χ0v) is 12.6. The number of carbonyl (C=O) groups excluding carboxylic acids is 2. The van der Waals surface area contributed by atoms with Gasteiger partial charge in [0.2, 0.25) is 0 Å². The van der Waals surface area contributed by atoms with Gasteiger partial charge in [0.05, 0.1) is 6.61 Å².